The molecule has 18 heteroatoms. The number of fused-ring (bicyclic) bond motifs is 1. The Morgan fingerprint density at radius 3 is 2.16 bits per heavy atom. The summed E-state index contributed by atoms with van der Waals surface area (Å²) in [6.45, 7) is 3.84. The highest BCUT2D eigenvalue weighted by Gasteiger charge is 2.56. The van der Waals surface area contributed by atoms with Crippen LogP contribution in [-0.2, 0) is 28.0 Å². The lowest BCUT2D eigenvalue weighted by atomic mass is 10.0. The molecule has 0 aliphatic heterocycles. The molecule has 1 saturated carbocycles. The van der Waals surface area contributed by atoms with Crippen molar-refractivity contribution in [2.75, 3.05) is 57.4 Å². The molecule has 1 aromatic heterocycles. The average Bonchev–Trinajstić information content (AvgIpc) is 3.98. The predicted octanol–water partition coefficient (Wildman–Crippen LogP) is 7.24. The van der Waals surface area contributed by atoms with Crippen LogP contribution in [-0.4, -0.2) is 74.8 Å². The van der Waals surface area contributed by atoms with Gasteiger partial charge in [0, 0.05) is 48.7 Å². The molecule has 5 rings (SSSR count). The van der Waals surface area contributed by atoms with Crippen LogP contribution in [0.15, 0.2) is 66.9 Å². The quantitative estimate of drug-likeness (QED) is 0.0377. The third-order valence-electron chi connectivity index (χ3n) is 8.33. The molecule has 0 bridgehead atoms. The van der Waals surface area contributed by atoms with Crippen LogP contribution in [0.25, 0.3) is 10.9 Å². The van der Waals surface area contributed by atoms with E-state index >= 15 is 4.39 Å². The fourth-order valence-electron chi connectivity index (χ4n) is 5.42. The average molecular weight is 786 g/mol. The van der Waals surface area contributed by atoms with E-state index in [1.54, 1.807) is 32.0 Å². The number of carbonyl (C=O) groups excluding carboxylic acids is 3. The van der Waals surface area contributed by atoms with Crippen LogP contribution < -0.4 is 30.2 Å². The zero-order valence-corrected chi connectivity index (χ0v) is 31.6. The number of amides is 3. The summed E-state index contributed by atoms with van der Waals surface area (Å²) in [4.78, 5) is 47.7. The monoisotopic (exact) mass is 785 g/mol. The number of aromatic nitrogens is 1. The number of nitrogens with zero attached hydrogens (tertiary/aromatic N) is 2. The second-order valence-electron chi connectivity index (χ2n) is 12.2. The van der Waals surface area contributed by atoms with Crippen molar-refractivity contribution in [2.45, 2.75) is 33.1 Å². The molecule has 0 spiro atoms. The first-order valence-corrected chi connectivity index (χ1v) is 19.1. The van der Waals surface area contributed by atoms with Gasteiger partial charge in [0.2, 0.25) is 11.8 Å². The Balaban J connectivity index is 1.25. The molecule has 1 heterocycles. The summed E-state index contributed by atoms with van der Waals surface area (Å²) in [6, 6.07) is 13.9. The first-order chi connectivity index (χ1) is 26.4. The summed E-state index contributed by atoms with van der Waals surface area (Å²) < 4.78 is 70.0. The van der Waals surface area contributed by atoms with Crippen molar-refractivity contribution in [2.24, 2.45) is 5.41 Å². The van der Waals surface area contributed by atoms with Crippen molar-refractivity contribution in [3.8, 4) is 23.0 Å². The van der Waals surface area contributed by atoms with Gasteiger partial charge in [-0.05, 0) is 81.6 Å². The van der Waals surface area contributed by atoms with Gasteiger partial charge in [0.1, 0.15) is 23.3 Å². The summed E-state index contributed by atoms with van der Waals surface area (Å²) in [7, 11) is -0.730. The largest absolute Gasteiger partial charge is 0.493 e. The van der Waals surface area contributed by atoms with E-state index in [0.717, 1.165) is 6.07 Å². The molecule has 3 aromatic carbocycles. The molecule has 4 aromatic rings. The summed E-state index contributed by atoms with van der Waals surface area (Å²) in [5.41, 5.74) is -0.395. The maximum atomic E-state index is 15.4. The zero-order chi connectivity index (χ0) is 39.6. The molecule has 1 aliphatic rings. The van der Waals surface area contributed by atoms with Gasteiger partial charge in [-0.25, -0.2) is 13.6 Å². The molecule has 0 atom stereocenters. The first-order valence-electron chi connectivity index (χ1n) is 17.4. The molecule has 0 saturated heterocycles. The lowest BCUT2D eigenvalue weighted by molar-refractivity contribution is -0.131. The van der Waals surface area contributed by atoms with Crippen LogP contribution in [0, 0.1) is 17.0 Å². The number of pyridine rings is 1. The number of ether oxygens (including phenoxy) is 3. The fraction of sp³-hybridized carbons (Fsp3) is 0.351. The molecule has 3 amide bonds. The lowest BCUT2D eigenvalue weighted by Gasteiger charge is -2.25. The Bertz CT molecular complexity index is 2040. The molecular weight excluding hydrogens is 743 g/mol. The molecule has 1 aliphatic carbocycles. The highest BCUT2D eigenvalue weighted by Crippen LogP contribution is 2.49. The van der Waals surface area contributed by atoms with Crippen molar-refractivity contribution >= 4 is 47.8 Å². The van der Waals surface area contributed by atoms with Crippen molar-refractivity contribution in [1.82, 2.24) is 15.4 Å². The number of nitrogens with one attached hydrogen (secondary N) is 3. The SMILES string of the molecule is CCOP(=O)(CN(CCCOc1cc2c(Oc3ccc(NC(=O)C4(C(=O)Nc5ccc(F)cc5)CC4)cc3F)ccnc2cc1OC)OC(=O)NC)OCC. The summed E-state index contributed by atoms with van der Waals surface area (Å²) >= 11 is 0. The number of methoxy groups -OCH3 is 1. The Morgan fingerprint density at radius 2 is 1.55 bits per heavy atom. The standard InChI is InChI=1S/C37H42F2N5O10P/c1-5-51-55(48,52-6-2)23-44(54-36(47)40-3)18-7-19-50-33-21-27-29(22-32(33)49-4)41-17-14-30(27)53-31-13-12-26(20-28(31)39)43-35(46)37(15-16-37)34(45)42-25-10-8-24(38)9-11-25/h8-14,17,20-22H,5-7,15-16,18-19,23H2,1-4H3,(H,40,47)(H,42,45)(H,43,46). The lowest BCUT2D eigenvalue weighted by Crippen LogP contribution is -2.35. The molecule has 0 unspecified atom stereocenters. The summed E-state index contributed by atoms with van der Waals surface area (Å²) in [5.74, 6) is -1.60. The number of anilines is 2. The van der Waals surface area contributed by atoms with Gasteiger partial charge in [-0.2, -0.15) is 0 Å². The van der Waals surface area contributed by atoms with E-state index in [9.17, 15) is 23.3 Å². The number of rotatable bonds is 19. The van der Waals surface area contributed by atoms with Gasteiger partial charge >= 0.3 is 13.7 Å². The van der Waals surface area contributed by atoms with E-state index in [1.807, 2.05) is 0 Å². The van der Waals surface area contributed by atoms with Crippen molar-refractivity contribution in [1.29, 1.82) is 0 Å². The number of halogens is 2. The van der Waals surface area contributed by atoms with Gasteiger partial charge in [0.05, 0.1) is 32.4 Å². The number of carbonyl (C=O) groups is 3. The van der Waals surface area contributed by atoms with Gasteiger partial charge < -0.3 is 44.0 Å². The summed E-state index contributed by atoms with van der Waals surface area (Å²) in [6.07, 6.45) is 1.34. The maximum absolute atomic E-state index is 15.4. The van der Waals surface area contributed by atoms with E-state index in [0.29, 0.717) is 47.4 Å². The third-order valence-corrected chi connectivity index (χ3v) is 10.3. The van der Waals surface area contributed by atoms with Gasteiger partial charge in [-0.1, -0.05) is 0 Å². The van der Waals surface area contributed by atoms with Gasteiger partial charge in [-0.3, -0.25) is 19.1 Å². The Hall–Kier alpha value is -5.35. The molecule has 1 fully saturated rings. The van der Waals surface area contributed by atoms with Crippen molar-refractivity contribution < 1.29 is 55.8 Å². The number of hydrogen-bond acceptors (Lipinski definition) is 12. The highest BCUT2D eigenvalue weighted by molar-refractivity contribution is 7.53. The van der Waals surface area contributed by atoms with Crippen LogP contribution in [0.4, 0.5) is 25.0 Å². The minimum Gasteiger partial charge on any atom is -0.493 e. The molecule has 294 valence electrons. The minimum absolute atomic E-state index is 0.108. The van der Waals surface area contributed by atoms with Gasteiger partial charge in [0.15, 0.2) is 23.1 Å². The zero-order valence-electron chi connectivity index (χ0n) is 30.7. The highest BCUT2D eigenvalue weighted by atomic mass is 31.2. The maximum Gasteiger partial charge on any atom is 0.426 e. The second kappa shape index (κ2) is 18.3. The molecule has 55 heavy (non-hydrogen) atoms. The predicted molar refractivity (Wildman–Crippen MR) is 198 cm³/mol. The summed E-state index contributed by atoms with van der Waals surface area (Å²) in [5, 5.41) is 9.25. The molecule has 0 radical (unpaired) electrons. The molecule has 3 N–H and O–H groups in total. The van der Waals surface area contributed by atoms with E-state index < -0.39 is 42.6 Å². The minimum atomic E-state index is -3.59. The smallest absolute Gasteiger partial charge is 0.426 e. The fourth-order valence-corrected chi connectivity index (χ4v) is 7.03. The third kappa shape index (κ3) is 10.5. The van der Waals surface area contributed by atoms with Gasteiger partial charge in [-0.15, -0.1) is 5.06 Å². The van der Waals surface area contributed by atoms with Gasteiger partial charge in [0.25, 0.3) is 0 Å². The number of hydrogen-bond donors (Lipinski definition) is 3. The molecular formula is C37H42F2N5O10P. The van der Waals surface area contributed by atoms with E-state index in [-0.39, 0.29) is 49.8 Å². The van der Waals surface area contributed by atoms with Crippen LogP contribution >= 0.6 is 7.60 Å². The normalized spacial score (nSPS) is 13.2. The van der Waals surface area contributed by atoms with Crippen LogP contribution in [0.2, 0.25) is 0 Å². The number of benzene rings is 3. The Labute approximate surface area is 316 Å². The Morgan fingerprint density at radius 1 is 0.873 bits per heavy atom. The second-order valence-corrected chi connectivity index (χ2v) is 14.2. The Kier molecular flexibility index (Phi) is 13.6. The van der Waals surface area contributed by atoms with E-state index in [1.165, 1.54) is 61.8 Å². The topological polar surface area (TPSA) is 176 Å². The van der Waals surface area contributed by atoms with E-state index in [4.69, 9.17) is 28.1 Å². The number of hydroxylamine groups is 2. The van der Waals surface area contributed by atoms with Crippen LogP contribution in [0.3, 0.4) is 0 Å². The van der Waals surface area contributed by atoms with E-state index in [2.05, 4.69) is 20.9 Å². The molecule has 15 nitrogen and oxygen atoms in total. The van der Waals surface area contributed by atoms with Crippen LogP contribution in [0.5, 0.6) is 23.0 Å². The van der Waals surface area contributed by atoms with Crippen molar-refractivity contribution in [3.63, 3.8) is 0 Å². The van der Waals surface area contributed by atoms with Crippen LogP contribution in [0.1, 0.15) is 33.1 Å². The van der Waals surface area contributed by atoms with Crippen molar-refractivity contribution in [3.05, 3.63) is 78.5 Å². The first kappa shape index (κ1) is 40.8.